The van der Waals surface area contributed by atoms with Crippen molar-refractivity contribution in [2.75, 3.05) is 0 Å². The second-order valence-corrected chi connectivity index (χ2v) is 4.59. The first-order valence-electron chi connectivity index (χ1n) is 4.81. The maximum atomic E-state index is 5.88. The van der Waals surface area contributed by atoms with E-state index in [2.05, 4.69) is 25.8 Å². The highest BCUT2D eigenvalue weighted by Crippen LogP contribution is 2.19. The molecule has 0 aromatic heterocycles. The Hall–Kier alpha value is -1.31. The van der Waals surface area contributed by atoms with Crippen LogP contribution in [0.15, 0.2) is 29.3 Å². The van der Waals surface area contributed by atoms with Crippen LogP contribution in [0.1, 0.15) is 26.3 Å². The fraction of sp³-hybridized carbons (Fsp3) is 0.417. The molecule has 0 unspecified atom stereocenters. The van der Waals surface area contributed by atoms with E-state index >= 15 is 0 Å². The van der Waals surface area contributed by atoms with E-state index < -0.39 is 0 Å². The van der Waals surface area contributed by atoms with Gasteiger partial charge in [0, 0.05) is 5.41 Å². The molecule has 0 fully saturated rings. The van der Waals surface area contributed by atoms with Gasteiger partial charge in [-0.05, 0) is 24.6 Å². The Labute approximate surface area is 85.9 Å². The van der Waals surface area contributed by atoms with E-state index in [4.69, 9.17) is 5.73 Å². The molecule has 2 nitrogen and oxygen atoms in total. The second kappa shape index (κ2) is 3.82. The molecule has 2 heteroatoms. The number of nitrogens with two attached hydrogens (primary N) is 1. The fourth-order valence-electron chi connectivity index (χ4n) is 1.00. The third-order valence-electron chi connectivity index (χ3n) is 2.02. The topological polar surface area (TPSA) is 38.4 Å². The summed E-state index contributed by atoms with van der Waals surface area (Å²) < 4.78 is 0. The van der Waals surface area contributed by atoms with Crippen molar-refractivity contribution in [3.63, 3.8) is 0 Å². The van der Waals surface area contributed by atoms with Crippen LogP contribution in [0.2, 0.25) is 0 Å². The smallest absolute Gasteiger partial charge is 0.105 e. The summed E-state index contributed by atoms with van der Waals surface area (Å²) in [6.07, 6.45) is 0. The van der Waals surface area contributed by atoms with Crippen molar-refractivity contribution in [1.82, 2.24) is 0 Å². The van der Waals surface area contributed by atoms with Crippen molar-refractivity contribution in [1.29, 1.82) is 0 Å². The van der Waals surface area contributed by atoms with E-state index in [1.165, 1.54) is 5.56 Å². The largest absolute Gasteiger partial charge is 0.387 e. The Morgan fingerprint density at radius 3 is 2.43 bits per heavy atom. The van der Waals surface area contributed by atoms with Crippen LogP contribution >= 0.6 is 0 Å². The molecule has 1 aromatic rings. The molecule has 76 valence electrons. The van der Waals surface area contributed by atoms with E-state index in [9.17, 15) is 0 Å². The molecular formula is C12H18N2. The fourth-order valence-corrected chi connectivity index (χ4v) is 1.00. The summed E-state index contributed by atoms with van der Waals surface area (Å²) in [4.78, 5) is 4.39. The molecule has 0 saturated heterocycles. The molecule has 0 spiro atoms. The number of aliphatic imine (C=N–C) groups is 1. The Bertz CT molecular complexity index is 346. The van der Waals surface area contributed by atoms with Gasteiger partial charge < -0.3 is 5.73 Å². The highest BCUT2D eigenvalue weighted by molar-refractivity contribution is 5.87. The normalized spacial score (nSPS) is 13.0. The second-order valence-electron chi connectivity index (χ2n) is 4.59. The lowest BCUT2D eigenvalue weighted by Gasteiger charge is -2.17. The molecule has 1 aromatic carbocycles. The molecule has 1 rings (SSSR count). The van der Waals surface area contributed by atoms with Crippen LogP contribution in [-0.4, -0.2) is 5.84 Å². The number of amidine groups is 1. The van der Waals surface area contributed by atoms with Gasteiger partial charge in [0.25, 0.3) is 0 Å². The molecule has 0 atom stereocenters. The van der Waals surface area contributed by atoms with E-state index in [0.29, 0.717) is 5.84 Å². The van der Waals surface area contributed by atoms with Gasteiger partial charge in [0.1, 0.15) is 5.84 Å². The molecule has 0 saturated carbocycles. The van der Waals surface area contributed by atoms with Gasteiger partial charge in [-0.2, -0.15) is 0 Å². The Morgan fingerprint density at radius 2 is 1.93 bits per heavy atom. The summed E-state index contributed by atoms with van der Waals surface area (Å²) in [5.41, 5.74) is 7.95. The molecule has 0 aliphatic heterocycles. The molecule has 0 heterocycles. The number of benzene rings is 1. The minimum atomic E-state index is -0.0657. The summed E-state index contributed by atoms with van der Waals surface area (Å²) in [5, 5.41) is 0. The minimum Gasteiger partial charge on any atom is -0.387 e. The summed E-state index contributed by atoms with van der Waals surface area (Å²) in [7, 11) is 0. The van der Waals surface area contributed by atoms with Crippen molar-refractivity contribution < 1.29 is 0 Å². The lowest BCUT2D eigenvalue weighted by atomic mass is 9.95. The first-order valence-corrected chi connectivity index (χ1v) is 4.81. The average Bonchev–Trinajstić information content (AvgIpc) is 2.02. The Balaban J connectivity index is 2.98. The number of hydrogen-bond donors (Lipinski definition) is 1. The van der Waals surface area contributed by atoms with Gasteiger partial charge in [-0.3, -0.25) is 0 Å². The van der Waals surface area contributed by atoms with Crippen molar-refractivity contribution in [3.05, 3.63) is 29.8 Å². The molecular weight excluding hydrogens is 172 g/mol. The van der Waals surface area contributed by atoms with Gasteiger partial charge in [-0.25, -0.2) is 4.99 Å². The van der Waals surface area contributed by atoms with Gasteiger partial charge >= 0.3 is 0 Å². The van der Waals surface area contributed by atoms with Crippen LogP contribution in [-0.2, 0) is 0 Å². The van der Waals surface area contributed by atoms with E-state index in [1.807, 2.05) is 31.2 Å². The van der Waals surface area contributed by atoms with Crippen LogP contribution in [0.4, 0.5) is 5.69 Å². The first kappa shape index (κ1) is 10.8. The molecule has 14 heavy (non-hydrogen) atoms. The van der Waals surface area contributed by atoms with Crippen molar-refractivity contribution in [2.45, 2.75) is 27.7 Å². The molecule has 0 aliphatic rings. The van der Waals surface area contributed by atoms with Crippen molar-refractivity contribution in [2.24, 2.45) is 16.1 Å². The van der Waals surface area contributed by atoms with Gasteiger partial charge in [0.15, 0.2) is 0 Å². The monoisotopic (exact) mass is 190 g/mol. The zero-order chi connectivity index (χ0) is 10.8. The maximum absolute atomic E-state index is 5.88. The van der Waals surface area contributed by atoms with Gasteiger partial charge in [-0.15, -0.1) is 0 Å². The van der Waals surface area contributed by atoms with E-state index in [0.717, 1.165) is 5.69 Å². The zero-order valence-corrected chi connectivity index (χ0v) is 9.33. The average molecular weight is 190 g/mol. The van der Waals surface area contributed by atoms with Crippen LogP contribution in [0.5, 0.6) is 0 Å². The molecule has 2 N–H and O–H groups in total. The SMILES string of the molecule is Cc1cccc(N=C(N)C(C)(C)C)c1. The van der Waals surface area contributed by atoms with E-state index in [1.54, 1.807) is 0 Å². The van der Waals surface area contributed by atoms with Gasteiger partial charge in [-0.1, -0.05) is 32.9 Å². The molecule has 0 aliphatic carbocycles. The lowest BCUT2D eigenvalue weighted by molar-refractivity contribution is 0.585. The molecule has 0 bridgehead atoms. The predicted molar refractivity (Wildman–Crippen MR) is 61.9 cm³/mol. The summed E-state index contributed by atoms with van der Waals surface area (Å²) in [6, 6.07) is 8.03. The van der Waals surface area contributed by atoms with Gasteiger partial charge in [0.05, 0.1) is 5.69 Å². The highest BCUT2D eigenvalue weighted by Gasteiger charge is 2.15. The zero-order valence-electron chi connectivity index (χ0n) is 9.33. The number of rotatable bonds is 1. The standard InChI is InChI=1S/C12H18N2/c1-9-6-5-7-10(8-9)14-11(13)12(2,3)4/h5-8H,1-4H3,(H2,13,14). The Morgan fingerprint density at radius 1 is 1.29 bits per heavy atom. The quantitative estimate of drug-likeness (QED) is 0.536. The van der Waals surface area contributed by atoms with E-state index in [-0.39, 0.29) is 5.41 Å². The highest BCUT2D eigenvalue weighted by atomic mass is 14.9. The van der Waals surface area contributed by atoms with Crippen molar-refractivity contribution in [3.8, 4) is 0 Å². The maximum Gasteiger partial charge on any atom is 0.105 e. The third-order valence-corrected chi connectivity index (χ3v) is 2.02. The van der Waals surface area contributed by atoms with Crippen LogP contribution in [0.25, 0.3) is 0 Å². The lowest BCUT2D eigenvalue weighted by Crippen LogP contribution is -2.28. The van der Waals surface area contributed by atoms with Crippen LogP contribution in [0.3, 0.4) is 0 Å². The summed E-state index contributed by atoms with van der Waals surface area (Å²) in [6.45, 7) is 8.22. The van der Waals surface area contributed by atoms with Crippen molar-refractivity contribution >= 4 is 11.5 Å². The Kier molecular flexibility index (Phi) is 2.94. The van der Waals surface area contributed by atoms with Gasteiger partial charge in [0.2, 0.25) is 0 Å². The number of hydrogen-bond acceptors (Lipinski definition) is 1. The minimum absolute atomic E-state index is 0.0657. The third kappa shape index (κ3) is 2.87. The number of aryl methyl sites for hydroxylation is 1. The van der Waals surface area contributed by atoms with Crippen LogP contribution in [0, 0.1) is 12.3 Å². The number of nitrogens with zero attached hydrogens (tertiary/aromatic N) is 1. The molecule has 0 amide bonds. The van der Waals surface area contributed by atoms with Crippen LogP contribution < -0.4 is 5.73 Å². The molecule has 0 radical (unpaired) electrons. The predicted octanol–water partition coefficient (Wildman–Crippen LogP) is 3.03. The first-order chi connectivity index (χ1) is 6.39. The summed E-state index contributed by atoms with van der Waals surface area (Å²) in [5.74, 6) is 0.670. The summed E-state index contributed by atoms with van der Waals surface area (Å²) >= 11 is 0.